The van der Waals surface area contributed by atoms with Gasteiger partial charge in [0.2, 0.25) is 0 Å². The lowest BCUT2D eigenvalue weighted by atomic mass is 10.0. The maximum absolute atomic E-state index is 6.01. The molecule has 130 valence electrons. The van der Waals surface area contributed by atoms with Crippen molar-refractivity contribution >= 4 is 35.6 Å². The molecule has 5 heteroatoms. The molecule has 0 heterocycles. The molecular formula is C19H26IN3O. The molecular weight excluding hydrogens is 413 g/mol. The third kappa shape index (κ3) is 5.70. The number of halogens is 1. The molecule has 0 amide bonds. The van der Waals surface area contributed by atoms with Gasteiger partial charge in [-0.1, -0.05) is 31.2 Å². The standard InChI is InChI=1S/C19H25N3O.HI/c1-13-9-14(2)11-16(10-13)22-19(20)21-12-15(3)17-7-5-6-8-18(17)23-4;/h5-11,15H,12H2,1-4H3,(H3,20,21,22);1H. The van der Waals surface area contributed by atoms with Crippen LogP contribution in [0.4, 0.5) is 5.69 Å². The molecule has 2 aromatic carbocycles. The van der Waals surface area contributed by atoms with E-state index in [1.54, 1.807) is 7.11 Å². The minimum Gasteiger partial charge on any atom is -0.496 e. The number of anilines is 1. The fourth-order valence-corrected chi connectivity index (χ4v) is 2.64. The van der Waals surface area contributed by atoms with Crippen LogP contribution in [0.3, 0.4) is 0 Å². The van der Waals surface area contributed by atoms with Crippen LogP contribution in [0.25, 0.3) is 0 Å². The number of para-hydroxylation sites is 1. The smallest absolute Gasteiger partial charge is 0.193 e. The van der Waals surface area contributed by atoms with Gasteiger partial charge >= 0.3 is 0 Å². The summed E-state index contributed by atoms with van der Waals surface area (Å²) in [4.78, 5) is 4.46. The highest BCUT2D eigenvalue weighted by Gasteiger charge is 2.10. The highest BCUT2D eigenvalue weighted by Crippen LogP contribution is 2.26. The lowest BCUT2D eigenvalue weighted by Crippen LogP contribution is -2.23. The van der Waals surface area contributed by atoms with Crippen LogP contribution in [0.1, 0.15) is 29.5 Å². The number of aryl methyl sites for hydroxylation is 2. The van der Waals surface area contributed by atoms with Gasteiger partial charge in [-0.3, -0.25) is 4.99 Å². The molecule has 3 N–H and O–H groups in total. The number of hydrogen-bond acceptors (Lipinski definition) is 2. The summed E-state index contributed by atoms with van der Waals surface area (Å²) in [5, 5.41) is 3.16. The van der Waals surface area contributed by atoms with Gasteiger partial charge in [0.25, 0.3) is 0 Å². The van der Waals surface area contributed by atoms with Gasteiger partial charge in [-0.05, 0) is 48.7 Å². The summed E-state index contributed by atoms with van der Waals surface area (Å²) in [6.45, 7) is 6.85. The lowest BCUT2D eigenvalue weighted by Gasteiger charge is -2.14. The summed E-state index contributed by atoms with van der Waals surface area (Å²) in [5.74, 6) is 1.54. The van der Waals surface area contributed by atoms with Gasteiger partial charge < -0.3 is 15.8 Å². The Balaban J connectivity index is 0.00000288. The number of nitrogens with two attached hydrogens (primary N) is 1. The quantitative estimate of drug-likeness (QED) is 0.411. The van der Waals surface area contributed by atoms with Gasteiger partial charge in [-0.25, -0.2) is 0 Å². The fourth-order valence-electron chi connectivity index (χ4n) is 2.64. The minimum absolute atomic E-state index is 0. The summed E-state index contributed by atoms with van der Waals surface area (Å²) in [6, 6.07) is 14.2. The first-order chi connectivity index (χ1) is 11.0. The molecule has 0 saturated carbocycles. The minimum atomic E-state index is 0. The summed E-state index contributed by atoms with van der Waals surface area (Å²) in [5.41, 5.74) is 10.5. The Hall–Kier alpha value is -1.76. The third-order valence-electron chi connectivity index (χ3n) is 3.70. The molecule has 0 aliphatic heterocycles. The first-order valence-corrected chi connectivity index (χ1v) is 7.77. The lowest BCUT2D eigenvalue weighted by molar-refractivity contribution is 0.407. The molecule has 1 unspecified atom stereocenters. The van der Waals surface area contributed by atoms with Gasteiger partial charge in [0, 0.05) is 18.2 Å². The highest BCUT2D eigenvalue weighted by molar-refractivity contribution is 14.0. The van der Waals surface area contributed by atoms with Gasteiger partial charge in [0.05, 0.1) is 7.11 Å². The maximum atomic E-state index is 6.01. The Bertz CT molecular complexity index is 681. The number of ether oxygens (including phenoxy) is 1. The molecule has 0 bridgehead atoms. The van der Waals surface area contributed by atoms with E-state index >= 15 is 0 Å². The molecule has 0 aliphatic carbocycles. The van der Waals surface area contributed by atoms with Crippen molar-refractivity contribution in [1.82, 2.24) is 0 Å². The number of guanidine groups is 1. The van der Waals surface area contributed by atoms with Crippen molar-refractivity contribution in [3.05, 3.63) is 59.2 Å². The average molecular weight is 439 g/mol. The largest absolute Gasteiger partial charge is 0.496 e. The van der Waals surface area contributed by atoms with Gasteiger partial charge in [-0.15, -0.1) is 24.0 Å². The molecule has 0 fully saturated rings. The van der Waals surface area contributed by atoms with Crippen molar-refractivity contribution in [3.8, 4) is 5.75 Å². The number of benzene rings is 2. The molecule has 0 aromatic heterocycles. The molecule has 4 nitrogen and oxygen atoms in total. The Morgan fingerprint density at radius 1 is 1.17 bits per heavy atom. The Labute approximate surface area is 161 Å². The van der Waals surface area contributed by atoms with Gasteiger partial charge in [0.15, 0.2) is 5.96 Å². The maximum Gasteiger partial charge on any atom is 0.193 e. The van der Waals surface area contributed by atoms with E-state index < -0.39 is 0 Å². The van der Waals surface area contributed by atoms with Crippen LogP contribution in [0.5, 0.6) is 5.75 Å². The number of methoxy groups -OCH3 is 1. The second-order valence-corrected chi connectivity index (χ2v) is 5.87. The first-order valence-electron chi connectivity index (χ1n) is 7.77. The number of hydrogen-bond donors (Lipinski definition) is 2. The SMILES string of the molecule is COc1ccccc1C(C)CN=C(N)Nc1cc(C)cc(C)c1.I. The number of aliphatic imine (C=N–C) groups is 1. The van der Waals surface area contributed by atoms with Crippen molar-refractivity contribution < 1.29 is 4.74 Å². The zero-order valence-electron chi connectivity index (χ0n) is 14.7. The van der Waals surface area contributed by atoms with Gasteiger partial charge in [-0.2, -0.15) is 0 Å². The van der Waals surface area contributed by atoms with Crippen molar-refractivity contribution in [1.29, 1.82) is 0 Å². The van der Waals surface area contributed by atoms with Crippen LogP contribution in [-0.2, 0) is 0 Å². The molecule has 1 atom stereocenters. The topological polar surface area (TPSA) is 59.6 Å². The Kier molecular flexibility index (Phi) is 8.04. The number of nitrogens with zero attached hydrogens (tertiary/aromatic N) is 1. The van der Waals surface area contributed by atoms with Crippen LogP contribution < -0.4 is 15.8 Å². The van der Waals surface area contributed by atoms with E-state index in [-0.39, 0.29) is 29.9 Å². The predicted molar refractivity (Wildman–Crippen MR) is 113 cm³/mol. The monoisotopic (exact) mass is 439 g/mol. The molecule has 0 radical (unpaired) electrons. The van der Waals surface area contributed by atoms with Crippen LogP contribution in [0.15, 0.2) is 47.5 Å². The van der Waals surface area contributed by atoms with E-state index in [2.05, 4.69) is 55.3 Å². The van der Waals surface area contributed by atoms with Crippen LogP contribution in [0.2, 0.25) is 0 Å². The van der Waals surface area contributed by atoms with Crippen molar-refractivity contribution in [2.24, 2.45) is 10.7 Å². The van der Waals surface area contributed by atoms with E-state index in [1.165, 1.54) is 11.1 Å². The zero-order valence-corrected chi connectivity index (χ0v) is 17.0. The van der Waals surface area contributed by atoms with Gasteiger partial charge in [0.1, 0.15) is 5.75 Å². The van der Waals surface area contributed by atoms with E-state index in [4.69, 9.17) is 10.5 Å². The number of nitrogens with one attached hydrogen (secondary N) is 1. The van der Waals surface area contributed by atoms with Crippen LogP contribution >= 0.6 is 24.0 Å². The van der Waals surface area contributed by atoms with E-state index in [1.807, 2.05) is 18.2 Å². The molecule has 2 rings (SSSR count). The average Bonchev–Trinajstić information content (AvgIpc) is 2.51. The van der Waals surface area contributed by atoms with E-state index in [0.717, 1.165) is 17.0 Å². The molecule has 24 heavy (non-hydrogen) atoms. The van der Waals surface area contributed by atoms with Crippen LogP contribution in [-0.4, -0.2) is 19.6 Å². The van der Waals surface area contributed by atoms with E-state index in [9.17, 15) is 0 Å². The van der Waals surface area contributed by atoms with Crippen molar-refractivity contribution in [2.45, 2.75) is 26.7 Å². The Morgan fingerprint density at radius 2 is 1.79 bits per heavy atom. The summed E-state index contributed by atoms with van der Waals surface area (Å²) >= 11 is 0. The van der Waals surface area contributed by atoms with Crippen molar-refractivity contribution in [2.75, 3.05) is 19.0 Å². The molecule has 0 spiro atoms. The third-order valence-corrected chi connectivity index (χ3v) is 3.70. The predicted octanol–water partition coefficient (Wildman–Crippen LogP) is 4.46. The summed E-state index contributed by atoms with van der Waals surface area (Å²) in [7, 11) is 1.69. The zero-order chi connectivity index (χ0) is 16.8. The molecule has 0 saturated heterocycles. The van der Waals surface area contributed by atoms with E-state index in [0.29, 0.717) is 12.5 Å². The first kappa shape index (κ1) is 20.3. The highest BCUT2D eigenvalue weighted by atomic mass is 127. The molecule has 2 aromatic rings. The van der Waals surface area contributed by atoms with Crippen LogP contribution in [0, 0.1) is 13.8 Å². The summed E-state index contributed by atoms with van der Waals surface area (Å²) < 4.78 is 5.40. The summed E-state index contributed by atoms with van der Waals surface area (Å²) in [6.07, 6.45) is 0. The normalized spacial score (nSPS) is 12.2. The second kappa shape index (κ2) is 9.52. The van der Waals surface area contributed by atoms with Crippen molar-refractivity contribution in [3.63, 3.8) is 0 Å². The molecule has 0 aliphatic rings. The second-order valence-electron chi connectivity index (χ2n) is 5.87. The fraction of sp³-hybridized carbons (Fsp3) is 0.316. The Morgan fingerprint density at radius 3 is 2.42 bits per heavy atom. The number of rotatable bonds is 5.